The summed E-state index contributed by atoms with van der Waals surface area (Å²) in [6.45, 7) is -0.0403. The summed E-state index contributed by atoms with van der Waals surface area (Å²) in [7, 11) is 0. The van der Waals surface area contributed by atoms with Crippen molar-refractivity contribution in [1.82, 2.24) is 0 Å². The summed E-state index contributed by atoms with van der Waals surface area (Å²) in [5.41, 5.74) is 1.97. The number of ether oxygens (including phenoxy) is 2. The maximum Gasteiger partial charge on any atom is 0.351 e. The van der Waals surface area contributed by atoms with Gasteiger partial charge in [-0.1, -0.05) is 72.8 Å². The molecule has 0 aliphatic rings. The Morgan fingerprint density at radius 2 is 1.62 bits per heavy atom. The summed E-state index contributed by atoms with van der Waals surface area (Å²) < 4.78 is 10.4. The number of hydrogen-bond donors (Lipinski definition) is 2. The summed E-state index contributed by atoms with van der Waals surface area (Å²) in [4.78, 5) is 23.4. The van der Waals surface area contributed by atoms with Crippen LogP contribution in [0.15, 0.2) is 85.1 Å². The minimum Gasteiger partial charge on any atom is -0.483 e. The number of aliphatic hydroxyl groups is 1. The molecular formula is C26H26O6. The highest BCUT2D eigenvalue weighted by atomic mass is 16.6. The molecule has 166 valence electrons. The second-order valence-corrected chi connectivity index (χ2v) is 7.38. The van der Waals surface area contributed by atoms with E-state index >= 15 is 0 Å². The van der Waals surface area contributed by atoms with Crippen molar-refractivity contribution in [3.8, 4) is 0 Å². The Bertz CT molecular complexity index is 1060. The van der Waals surface area contributed by atoms with Crippen LogP contribution in [-0.4, -0.2) is 34.4 Å². The zero-order valence-electron chi connectivity index (χ0n) is 17.6. The number of carbonyl (C=O) groups excluding carboxylic acids is 1. The average Bonchev–Trinajstić information content (AvgIpc) is 2.82. The van der Waals surface area contributed by atoms with Gasteiger partial charge in [0, 0.05) is 0 Å². The standard InChI is InChI=1S/C26H26O6/c27-23(25(28)29)24(26(30)32-18-20-10-3-1-4-11-20)31-16-8-2-5-9-19-14-15-21-12-6-7-13-22(21)17-19/h1,3-4,6-8,10-17,23-24,27H,2,5,9,18H2,(H,28,29)/b16-8+/t23-,24-/m1/s1. The molecule has 3 rings (SSSR count). The number of carboxylic acids is 1. The first kappa shape index (κ1) is 23.0. The molecule has 2 N–H and O–H groups in total. The molecule has 0 aromatic heterocycles. The van der Waals surface area contributed by atoms with Crippen molar-refractivity contribution >= 4 is 22.7 Å². The number of fused-ring (bicyclic) bond motifs is 1. The second-order valence-electron chi connectivity index (χ2n) is 7.38. The molecule has 0 saturated heterocycles. The number of aliphatic carboxylic acids is 1. The summed E-state index contributed by atoms with van der Waals surface area (Å²) in [5, 5.41) is 21.3. The van der Waals surface area contributed by atoms with Crippen molar-refractivity contribution in [2.75, 3.05) is 0 Å². The first-order valence-electron chi connectivity index (χ1n) is 10.4. The summed E-state index contributed by atoms with van der Waals surface area (Å²) in [6.07, 6.45) is 1.67. The summed E-state index contributed by atoms with van der Waals surface area (Å²) in [5.74, 6) is -2.50. The third-order valence-corrected chi connectivity index (χ3v) is 4.97. The van der Waals surface area contributed by atoms with Crippen LogP contribution in [0.2, 0.25) is 0 Å². The number of aliphatic hydroxyl groups excluding tert-OH is 1. The highest BCUT2D eigenvalue weighted by Gasteiger charge is 2.34. The molecule has 0 unspecified atom stereocenters. The number of carbonyl (C=O) groups is 2. The molecule has 6 heteroatoms. The molecule has 0 radical (unpaired) electrons. The Kier molecular flexibility index (Phi) is 8.40. The van der Waals surface area contributed by atoms with E-state index in [-0.39, 0.29) is 6.61 Å². The minimum absolute atomic E-state index is 0.0403. The summed E-state index contributed by atoms with van der Waals surface area (Å²) >= 11 is 0. The lowest BCUT2D eigenvalue weighted by Gasteiger charge is -2.18. The maximum absolute atomic E-state index is 12.3. The number of rotatable bonds is 11. The minimum atomic E-state index is -2.03. The van der Waals surface area contributed by atoms with E-state index in [0.29, 0.717) is 6.42 Å². The summed E-state index contributed by atoms with van der Waals surface area (Å²) in [6, 6.07) is 23.5. The Hall–Kier alpha value is -3.64. The van der Waals surface area contributed by atoms with Gasteiger partial charge < -0.3 is 19.7 Å². The predicted octanol–water partition coefficient (Wildman–Crippen LogP) is 4.25. The monoisotopic (exact) mass is 434 g/mol. The Balaban J connectivity index is 1.48. The lowest BCUT2D eigenvalue weighted by Crippen LogP contribution is -2.41. The predicted molar refractivity (Wildman–Crippen MR) is 121 cm³/mol. The Morgan fingerprint density at radius 3 is 2.38 bits per heavy atom. The number of esters is 1. The van der Waals surface area contributed by atoms with Gasteiger partial charge in [0.25, 0.3) is 0 Å². The third-order valence-electron chi connectivity index (χ3n) is 4.97. The van der Waals surface area contributed by atoms with Gasteiger partial charge in [0.15, 0.2) is 6.10 Å². The van der Waals surface area contributed by atoms with Crippen molar-refractivity contribution in [3.05, 3.63) is 96.3 Å². The van der Waals surface area contributed by atoms with Gasteiger partial charge in [0.1, 0.15) is 6.61 Å². The maximum atomic E-state index is 12.3. The molecule has 3 aromatic rings. The average molecular weight is 434 g/mol. The Labute approximate surface area is 186 Å². The number of aryl methyl sites for hydroxylation is 1. The van der Waals surface area contributed by atoms with Crippen molar-refractivity contribution < 1.29 is 29.3 Å². The van der Waals surface area contributed by atoms with Gasteiger partial charge in [-0.05, 0) is 47.2 Å². The zero-order chi connectivity index (χ0) is 22.8. The van der Waals surface area contributed by atoms with Crippen LogP contribution in [0.4, 0.5) is 0 Å². The molecule has 6 nitrogen and oxygen atoms in total. The fourth-order valence-electron chi connectivity index (χ4n) is 3.23. The van der Waals surface area contributed by atoms with Gasteiger partial charge in [-0.15, -0.1) is 0 Å². The first-order chi connectivity index (χ1) is 15.5. The zero-order valence-corrected chi connectivity index (χ0v) is 17.6. The largest absolute Gasteiger partial charge is 0.483 e. The van der Waals surface area contributed by atoms with Crippen molar-refractivity contribution in [2.45, 2.75) is 38.1 Å². The molecule has 3 aromatic carbocycles. The van der Waals surface area contributed by atoms with E-state index in [9.17, 15) is 14.7 Å². The van der Waals surface area contributed by atoms with Crippen LogP contribution in [0, 0.1) is 0 Å². The molecule has 0 amide bonds. The third kappa shape index (κ3) is 6.68. The van der Waals surface area contributed by atoms with Gasteiger partial charge in [-0.25, -0.2) is 9.59 Å². The van der Waals surface area contributed by atoms with E-state index < -0.39 is 24.1 Å². The molecule has 0 aliphatic carbocycles. The molecular weight excluding hydrogens is 408 g/mol. The number of hydrogen-bond acceptors (Lipinski definition) is 5. The fraction of sp³-hybridized carbons (Fsp3) is 0.231. The van der Waals surface area contributed by atoms with E-state index in [1.54, 1.807) is 30.3 Å². The molecule has 0 saturated carbocycles. The van der Waals surface area contributed by atoms with Crippen LogP contribution in [0.5, 0.6) is 0 Å². The SMILES string of the molecule is O=C(O)[C@H](O)[C@@H](O/C=C/CCCc1ccc2ccccc2c1)C(=O)OCc1ccccc1. The lowest BCUT2D eigenvalue weighted by molar-refractivity contribution is -0.171. The Morgan fingerprint density at radius 1 is 0.906 bits per heavy atom. The van der Waals surface area contributed by atoms with Crippen LogP contribution in [-0.2, 0) is 32.1 Å². The molecule has 0 aliphatic heterocycles. The van der Waals surface area contributed by atoms with E-state index in [1.165, 1.54) is 22.6 Å². The van der Waals surface area contributed by atoms with E-state index in [4.69, 9.17) is 14.6 Å². The van der Waals surface area contributed by atoms with Crippen LogP contribution in [0.1, 0.15) is 24.0 Å². The smallest absolute Gasteiger partial charge is 0.351 e. The van der Waals surface area contributed by atoms with Crippen LogP contribution in [0.3, 0.4) is 0 Å². The van der Waals surface area contributed by atoms with E-state index in [0.717, 1.165) is 18.4 Å². The number of carboxylic acid groups (broad SMARTS) is 1. The topological polar surface area (TPSA) is 93.1 Å². The quantitative estimate of drug-likeness (QED) is 0.266. The van der Waals surface area contributed by atoms with Crippen LogP contribution in [0.25, 0.3) is 10.8 Å². The van der Waals surface area contributed by atoms with Crippen molar-refractivity contribution in [3.63, 3.8) is 0 Å². The molecule has 0 spiro atoms. The van der Waals surface area contributed by atoms with E-state index in [1.807, 2.05) is 18.2 Å². The van der Waals surface area contributed by atoms with Gasteiger partial charge in [-0.3, -0.25) is 0 Å². The van der Waals surface area contributed by atoms with Crippen LogP contribution >= 0.6 is 0 Å². The lowest BCUT2D eigenvalue weighted by atomic mass is 10.0. The van der Waals surface area contributed by atoms with Gasteiger partial charge in [0.2, 0.25) is 6.10 Å². The van der Waals surface area contributed by atoms with Crippen LogP contribution < -0.4 is 0 Å². The van der Waals surface area contributed by atoms with E-state index in [2.05, 4.69) is 30.3 Å². The molecule has 32 heavy (non-hydrogen) atoms. The van der Waals surface area contributed by atoms with Crippen molar-refractivity contribution in [2.24, 2.45) is 0 Å². The van der Waals surface area contributed by atoms with Gasteiger partial charge in [-0.2, -0.15) is 0 Å². The first-order valence-corrected chi connectivity index (χ1v) is 10.4. The highest BCUT2D eigenvalue weighted by molar-refractivity contribution is 5.84. The normalized spacial score (nSPS) is 13.0. The molecule has 0 heterocycles. The van der Waals surface area contributed by atoms with Gasteiger partial charge in [0.05, 0.1) is 6.26 Å². The number of unbranched alkanes of at least 4 members (excludes halogenated alkanes) is 1. The fourth-order valence-corrected chi connectivity index (χ4v) is 3.23. The highest BCUT2D eigenvalue weighted by Crippen LogP contribution is 2.17. The van der Waals surface area contributed by atoms with Gasteiger partial charge >= 0.3 is 11.9 Å². The molecule has 2 atom stereocenters. The second kappa shape index (κ2) is 11.7. The number of allylic oxidation sites excluding steroid dienone is 1. The molecule has 0 fully saturated rings. The molecule has 0 bridgehead atoms. The number of benzene rings is 3. The van der Waals surface area contributed by atoms with Crippen molar-refractivity contribution in [1.29, 1.82) is 0 Å².